The highest BCUT2D eigenvalue weighted by molar-refractivity contribution is 7.89. The normalized spacial score (nSPS) is 20.6. The Hall–Kier alpha value is -0.520. The van der Waals surface area contributed by atoms with Crippen LogP contribution >= 0.6 is 11.6 Å². The van der Waals surface area contributed by atoms with Crippen LogP contribution in [-0.4, -0.2) is 25.8 Å². The molecule has 1 saturated heterocycles. The number of hydrogen-bond acceptors (Lipinski definition) is 3. The number of rotatable bonds is 3. The second kappa shape index (κ2) is 5.11. The molecule has 0 spiro atoms. The molecule has 19 heavy (non-hydrogen) atoms. The van der Waals surface area contributed by atoms with E-state index in [1.165, 1.54) is 6.07 Å². The van der Waals surface area contributed by atoms with Crippen molar-refractivity contribution in [2.75, 3.05) is 13.1 Å². The third kappa shape index (κ3) is 2.98. The molecule has 0 atom stereocenters. The molecule has 1 aromatic heterocycles. The fourth-order valence-corrected chi connectivity index (χ4v) is 4.08. The van der Waals surface area contributed by atoms with Crippen LogP contribution in [0.4, 0.5) is 0 Å². The number of alkyl halides is 1. The Kier molecular flexibility index (Phi) is 4.00. The quantitative estimate of drug-likeness (QED) is 0.806. The minimum Gasteiger partial charge on any atom is -0.464 e. The second-order valence-corrected chi connectivity index (χ2v) is 8.01. The summed E-state index contributed by atoms with van der Waals surface area (Å²) in [7, 11) is -3.45. The lowest BCUT2D eigenvalue weighted by Crippen LogP contribution is -2.41. The van der Waals surface area contributed by atoms with Gasteiger partial charge in [0.25, 0.3) is 0 Å². The molecule has 1 aromatic rings. The van der Waals surface area contributed by atoms with Gasteiger partial charge < -0.3 is 4.42 Å². The summed E-state index contributed by atoms with van der Waals surface area (Å²) in [5, 5.41) is 0. The highest BCUT2D eigenvalue weighted by Gasteiger charge is 2.34. The molecule has 0 N–H and O–H groups in total. The zero-order valence-electron chi connectivity index (χ0n) is 11.6. The van der Waals surface area contributed by atoms with Gasteiger partial charge in [0.2, 0.25) is 10.0 Å². The van der Waals surface area contributed by atoms with Crippen LogP contribution in [0.25, 0.3) is 0 Å². The predicted molar refractivity (Wildman–Crippen MR) is 74.8 cm³/mol. The van der Waals surface area contributed by atoms with Gasteiger partial charge in [0.15, 0.2) is 0 Å². The van der Waals surface area contributed by atoms with E-state index in [-0.39, 0.29) is 16.2 Å². The maximum atomic E-state index is 12.6. The standard InChI is InChI=1S/C13H20ClNO3S/c1-10-12(8-11(9-14)18-10)19(16,17)15-6-4-13(2,3)5-7-15/h8H,4-7,9H2,1-3H3. The van der Waals surface area contributed by atoms with Crippen molar-refractivity contribution in [2.45, 2.75) is 44.4 Å². The van der Waals surface area contributed by atoms with Crippen LogP contribution in [0.2, 0.25) is 0 Å². The van der Waals surface area contributed by atoms with Crippen molar-refractivity contribution in [3.05, 3.63) is 17.6 Å². The first kappa shape index (κ1) is 14.9. The van der Waals surface area contributed by atoms with E-state index < -0.39 is 10.0 Å². The molecular formula is C13H20ClNO3S. The lowest BCUT2D eigenvalue weighted by Gasteiger charge is -2.35. The van der Waals surface area contributed by atoms with Crippen molar-refractivity contribution in [3.8, 4) is 0 Å². The van der Waals surface area contributed by atoms with E-state index in [4.69, 9.17) is 16.0 Å². The van der Waals surface area contributed by atoms with Crippen molar-refractivity contribution >= 4 is 21.6 Å². The maximum absolute atomic E-state index is 12.6. The van der Waals surface area contributed by atoms with E-state index in [0.29, 0.717) is 24.6 Å². The predicted octanol–water partition coefficient (Wildman–Crippen LogP) is 3.14. The average molecular weight is 306 g/mol. The highest BCUT2D eigenvalue weighted by Crippen LogP contribution is 2.33. The van der Waals surface area contributed by atoms with Crippen LogP contribution in [-0.2, 0) is 15.9 Å². The van der Waals surface area contributed by atoms with E-state index in [1.807, 2.05) is 0 Å². The zero-order valence-corrected chi connectivity index (χ0v) is 13.1. The Balaban J connectivity index is 2.25. The second-order valence-electron chi connectivity index (χ2n) is 5.84. The minimum absolute atomic E-state index is 0.184. The van der Waals surface area contributed by atoms with Crippen LogP contribution < -0.4 is 0 Å². The first-order chi connectivity index (χ1) is 8.76. The lowest BCUT2D eigenvalue weighted by atomic mass is 9.83. The molecule has 4 nitrogen and oxygen atoms in total. The van der Waals surface area contributed by atoms with Crippen LogP contribution in [0.1, 0.15) is 38.2 Å². The molecule has 1 fully saturated rings. The molecule has 6 heteroatoms. The third-order valence-corrected chi connectivity index (χ3v) is 6.02. The first-order valence-corrected chi connectivity index (χ1v) is 8.39. The maximum Gasteiger partial charge on any atom is 0.246 e. The molecule has 0 aromatic carbocycles. The van der Waals surface area contributed by atoms with Gasteiger partial charge in [-0.05, 0) is 25.2 Å². The number of aryl methyl sites for hydroxylation is 1. The van der Waals surface area contributed by atoms with Crippen LogP contribution in [0.3, 0.4) is 0 Å². The Bertz CT molecular complexity index is 552. The molecular weight excluding hydrogens is 286 g/mol. The number of furan rings is 1. The van der Waals surface area contributed by atoms with Crippen molar-refractivity contribution in [1.29, 1.82) is 0 Å². The van der Waals surface area contributed by atoms with Gasteiger partial charge in [0.05, 0.1) is 5.88 Å². The summed E-state index contributed by atoms with van der Waals surface area (Å²) in [6.45, 7) is 7.14. The van der Waals surface area contributed by atoms with Crippen LogP contribution in [0.5, 0.6) is 0 Å². The number of sulfonamides is 1. The van der Waals surface area contributed by atoms with Gasteiger partial charge in [-0.3, -0.25) is 0 Å². The Morgan fingerprint density at radius 1 is 1.37 bits per heavy atom. The van der Waals surface area contributed by atoms with Crippen molar-refractivity contribution in [2.24, 2.45) is 5.41 Å². The molecule has 108 valence electrons. The molecule has 0 aliphatic carbocycles. The largest absolute Gasteiger partial charge is 0.464 e. The highest BCUT2D eigenvalue weighted by atomic mass is 35.5. The van der Waals surface area contributed by atoms with Gasteiger partial charge in [-0.25, -0.2) is 8.42 Å². The molecule has 0 saturated carbocycles. The summed E-state index contributed by atoms with van der Waals surface area (Å²) < 4.78 is 32.0. The van der Waals surface area contributed by atoms with E-state index in [1.54, 1.807) is 11.2 Å². The summed E-state index contributed by atoms with van der Waals surface area (Å²) >= 11 is 5.68. The Morgan fingerprint density at radius 3 is 2.42 bits per heavy atom. The van der Waals surface area contributed by atoms with E-state index in [9.17, 15) is 8.42 Å². The lowest BCUT2D eigenvalue weighted by molar-refractivity contribution is 0.195. The zero-order chi connectivity index (χ0) is 14.3. The molecule has 2 rings (SSSR count). The topological polar surface area (TPSA) is 50.5 Å². The smallest absolute Gasteiger partial charge is 0.246 e. The summed E-state index contributed by atoms with van der Waals surface area (Å²) in [5.41, 5.74) is 0.221. The van der Waals surface area contributed by atoms with E-state index in [0.717, 1.165) is 12.8 Å². The number of piperidine rings is 1. The Labute approximate surface area is 119 Å². The summed E-state index contributed by atoms with van der Waals surface area (Å²) in [6.07, 6.45) is 1.76. The fourth-order valence-electron chi connectivity index (χ4n) is 2.32. The molecule has 0 bridgehead atoms. The van der Waals surface area contributed by atoms with E-state index in [2.05, 4.69) is 13.8 Å². The first-order valence-electron chi connectivity index (χ1n) is 6.42. The molecule has 0 unspecified atom stereocenters. The van der Waals surface area contributed by atoms with Gasteiger partial charge >= 0.3 is 0 Å². The minimum atomic E-state index is -3.45. The molecule has 0 amide bonds. The van der Waals surface area contributed by atoms with Crippen LogP contribution in [0.15, 0.2) is 15.4 Å². The molecule has 1 aliphatic rings. The van der Waals surface area contributed by atoms with Gasteiger partial charge in [0, 0.05) is 19.2 Å². The molecule has 1 aliphatic heterocycles. The van der Waals surface area contributed by atoms with Crippen molar-refractivity contribution in [3.63, 3.8) is 0 Å². The van der Waals surface area contributed by atoms with Gasteiger partial charge in [-0.2, -0.15) is 4.31 Å². The number of halogens is 1. The Morgan fingerprint density at radius 2 is 1.95 bits per heavy atom. The number of nitrogens with zero attached hydrogens (tertiary/aromatic N) is 1. The fraction of sp³-hybridized carbons (Fsp3) is 0.692. The van der Waals surface area contributed by atoms with Crippen LogP contribution in [0, 0.1) is 12.3 Å². The molecule has 2 heterocycles. The monoisotopic (exact) mass is 305 g/mol. The third-order valence-electron chi connectivity index (χ3n) is 3.75. The summed E-state index contributed by atoms with van der Waals surface area (Å²) in [4.78, 5) is 0.253. The van der Waals surface area contributed by atoms with Gasteiger partial charge in [-0.1, -0.05) is 13.8 Å². The SMILES string of the molecule is Cc1oc(CCl)cc1S(=O)(=O)N1CCC(C)(C)CC1. The van der Waals surface area contributed by atoms with E-state index >= 15 is 0 Å². The summed E-state index contributed by atoms with van der Waals surface area (Å²) in [6, 6.07) is 1.54. The molecule has 0 radical (unpaired) electrons. The summed E-state index contributed by atoms with van der Waals surface area (Å²) in [5.74, 6) is 1.10. The van der Waals surface area contributed by atoms with Gasteiger partial charge in [0.1, 0.15) is 16.4 Å². The van der Waals surface area contributed by atoms with Crippen molar-refractivity contribution < 1.29 is 12.8 Å². The average Bonchev–Trinajstić information content (AvgIpc) is 2.70. The van der Waals surface area contributed by atoms with Crippen molar-refractivity contribution in [1.82, 2.24) is 4.31 Å². The van der Waals surface area contributed by atoms with Gasteiger partial charge in [-0.15, -0.1) is 11.6 Å². The number of hydrogen-bond donors (Lipinski definition) is 0.